The van der Waals surface area contributed by atoms with Crippen LogP contribution in [0.15, 0.2) is 29.2 Å². The molecule has 0 aromatic heterocycles. The number of rotatable bonds is 5. The van der Waals surface area contributed by atoms with E-state index in [9.17, 15) is 19.5 Å². The maximum atomic E-state index is 12.2. The second kappa shape index (κ2) is 7.38. The van der Waals surface area contributed by atoms with E-state index in [1.807, 2.05) is 0 Å². The smallest absolute Gasteiger partial charge is 0.337 e. The fourth-order valence-electron chi connectivity index (χ4n) is 1.88. The molecule has 1 fully saturated rings. The summed E-state index contributed by atoms with van der Waals surface area (Å²) in [6.45, 7) is -0.00831. The highest BCUT2D eigenvalue weighted by Crippen LogP contribution is 2.32. The number of esters is 1. The Balaban J connectivity index is 2.14. The van der Waals surface area contributed by atoms with E-state index in [0.29, 0.717) is 14.8 Å². The topological polar surface area (TPSA) is 86.7 Å². The van der Waals surface area contributed by atoms with Crippen molar-refractivity contribution < 1.29 is 24.2 Å². The third-order valence-electron chi connectivity index (χ3n) is 3.04. The van der Waals surface area contributed by atoms with Crippen molar-refractivity contribution in [3.63, 3.8) is 0 Å². The predicted molar refractivity (Wildman–Crippen MR) is 87.3 cm³/mol. The quantitative estimate of drug-likeness (QED) is 0.441. The number of amides is 1. The Morgan fingerprint density at radius 1 is 1.35 bits per heavy atom. The van der Waals surface area contributed by atoms with Crippen LogP contribution in [0.2, 0.25) is 0 Å². The maximum absolute atomic E-state index is 12.2. The number of aliphatic carboxylic acids is 1. The number of hydrogen-bond donors (Lipinski definition) is 0. The molecule has 1 amide bonds. The lowest BCUT2D eigenvalue weighted by atomic mass is 10.1. The Morgan fingerprint density at radius 2 is 2.00 bits per heavy atom. The van der Waals surface area contributed by atoms with Crippen molar-refractivity contribution in [2.75, 3.05) is 13.7 Å². The lowest BCUT2D eigenvalue weighted by Gasteiger charge is -2.14. The molecule has 0 N–H and O–H groups in total. The van der Waals surface area contributed by atoms with Crippen LogP contribution in [0.5, 0.6) is 0 Å². The van der Waals surface area contributed by atoms with Gasteiger partial charge < -0.3 is 14.6 Å². The number of nitrogens with zero attached hydrogens (tertiary/aromatic N) is 1. The van der Waals surface area contributed by atoms with E-state index >= 15 is 0 Å². The van der Waals surface area contributed by atoms with Gasteiger partial charge in [-0.2, -0.15) is 0 Å². The van der Waals surface area contributed by atoms with Crippen LogP contribution in [-0.2, 0) is 14.3 Å². The first-order valence-electron chi connectivity index (χ1n) is 6.56. The van der Waals surface area contributed by atoms with Crippen LogP contribution in [0.1, 0.15) is 22.3 Å². The van der Waals surface area contributed by atoms with Gasteiger partial charge >= 0.3 is 5.97 Å². The van der Waals surface area contributed by atoms with Crippen LogP contribution < -0.4 is 5.11 Å². The van der Waals surface area contributed by atoms with E-state index in [4.69, 9.17) is 12.2 Å². The summed E-state index contributed by atoms with van der Waals surface area (Å²) in [7, 11) is 1.30. The average Bonchev–Trinajstić information content (AvgIpc) is 2.79. The van der Waals surface area contributed by atoms with Gasteiger partial charge in [-0.1, -0.05) is 36.1 Å². The highest BCUT2D eigenvalue weighted by atomic mass is 32.2. The summed E-state index contributed by atoms with van der Waals surface area (Å²) < 4.78 is 4.93. The summed E-state index contributed by atoms with van der Waals surface area (Å²) in [5.41, 5.74) is 1.13. The second-order valence-corrected chi connectivity index (χ2v) is 6.24. The molecular weight excluding hydrogens is 338 g/mol. The molecule has 1 saturated heterocycles. The molecule has 0 saturated carbocycles. The molecule has 0 unspecified atom stereocenters. The lowest BCUT2D eigenvalue weighted by Crippen LogP contribution is -2.33. The van der Waals surface area contributed by atoms with E-state index in [2.05, 4.69) is 4.74 Å². The van der Waals surface area contributed by atoms with Gasteiger partial charge in [-0.05, 0) is 23.8 Å². The first-order valence-corrected chi connectivity index (χ1v) is 7.78. The van der Waals surface area contributed by atoms with Gasteiger partial charge in [0.2, 0.25) is 0 Å². The Morgan fingerprint density at radius 3 is 2.57 bits per heavy atom. The largest absolute Gasteiger partial charge is 0.550 e. The molecule has 1 aliphatic heterocycles. The third-order valence-corrected chi connectivity index (χ3v) is 4.42. The van der Waals surface area contributed by atoms with Gasteiger partial charge in [-0.3, -0.25) is 9.69 Å². The summed E-state index contributed by atoms with van der Waals surface area (Å²) in [6.07, 6.45) is 1.37. The Kier molecular flexibility index (Phi) is 5.51. The first kappa shape index (κ1) is 17.2. The maximum Gasteiger partial charge on any atom is 0.337 e. The highest BCUT2D eigenvalue weighted by Gasteiger charge is 2.31. The Hall–Kier alpha value is -2.19. The SMILES string of the molecule is COC(=O)c1ccc(/C=C2/SC(=S)N(CCC(=O)[O-])C2=O)cc1. The van der Waals surface area contributed by atoms with Crippen molar-refractivity contribution in [1.82, 2.24) is 4.90 Å². The standard InChI is InChI=1S/C15H13NO5S2/c1-21-14(20)10-4-2-9(3-5-10)8-11-13(19)16(15(22)23-11)7-6-12(17)18/h2-5,8H,6-7H2,1H3,(H,17,18)/p-1/b11-8+. The van der Waals surface area contributed by atoms with Crippen LogP contribution >= 0.6 is 24.0 Å². The number of thiocarbonyl (C=S) groups is 1. The number of carboxylic acids is 1. The Bertz CT molecular complexity index is 696. The third kappa shape index (κ3) is 4.17. The van der Waals surface area contributed by atoms with Crippen molar-refractivity contribution in [3.8, 4) is 0 Å². The summed E-state index contributed by atoms with van der Waals surface area (Å²) >= 11 is 6.19. The molecule has 0 spiro atoms. The van der Waals surface area contributed by atoms with E-state index in [1.165, 1.54) is 12.0 Å². The van der Waals surface area contributed by atoms with Gasteiger partial charge in [0.25, 0.3) is 5.91 Å². The molecule has 0 atom stereocenters. The molecule has 6 nitrogen and oxygen atoms in total. The molecule has 0 radical (unpaired) electrons. The molecule has 0 aliphatic carbocycles. The lowest BCUT2D eigenvalue weighted by molar-refractivity contribution is -0.305. The van der Waals surface area contributed by atoms with E-state index < -0.39 is 11.9 Å². The molecule has 2 rings (SSSR count). The number of thioether (sulfide) groups is 1. The van der Waals surface area contributed by atoms with Gasteiger partial charge in [0.15, 0.2) is 0 Å². The highest BCUT2D eigenvalue weighted by molar-refractivity contribution is 8.26. The molecule has 120 valence electrons. The van der Waals surface area contributed by atoms with Gasteiger partial charge in [0, 0.05) is 18.9 Å². The summed E-state index contributed by atoms with van der Waals surface area (Å²) in [6, 6.07) is 6.54. The van der Waals surface area contributed by atoms with Crippen LogP contribution in [0.25, 0.3) is 6.08 Å². The number of ether oxygens (including phenoxy) is 1. The van der Waals surface area contributed by atoms with Crippen molar-refractivity contribution in [3.05, 3.63) is 40.3 Å². The molecular formula is C15H12NO5S2-. The fourth-order valence-corrected chi connectivity index (χ4v) is 3.19. The van der Waals surface area contributed by atoms with Gasteiger partial charge in [0.05, 0.1) is 17.6 Å². The second-order valence-electron chi connectivity index (χ2n) is 4.57. The fraction of sp³-hybridized carbons (Fsp3) is 0.200. The van der Waals surface area contributed by atoms with E-state index in [0.717, 1.165) is 17.3 Å². The summed E-state index contributed by atoms with van der Waals surface area (Å²) in [4.78, 5) is 35.7. The average molecular weight is 350 g/mol. The van der Waals surface area contributed by atoms with Crippen LogP contribution in [0.3, 0.4) is 0 Å². The molecule has 8 heteroatoms. The van der Waals surface area contributed by atoms with E-state index in [1.54, 1.807) is 30.3 Å². The van der Waals surface area contributed by atoms with Gasteiger partial charge in [0.1, 0.15) is 4.32 Å². The minimum Gasteiger partial charge on any atom is -0.550 e. The zero-order valence-electron chi connectivity index (χ0n) is 12.1. The van der Waals surface area contributed by atoms with Crippen molar-refractivity contribution in [1.29, 1.82) is 0 Å². The predicted octanol–water partition coefficient (Wildman–Crippen LogP) is 0.814. The molecule has 1 heterocycles. The first-order chi connectivity index (χ1) is 10.9. The monoisotopic (exact) mass is 350 g/mol. The Labute approximate surface area is 142 Å². The number of methoxy groups -OCH3 is 1. The van der Waals surface area contributed by atoms with Crippen LogP contribution in [0.4, 0.5) is 0 Å². The van der Waals surface area contributed by atoms with Gasteiger partial charge in [-0.25, -0.2) is 4.79 Å². The minimum absolute atomic E-state index is 0.00831. The molecule has 0 bridgehead atoms. The van der Waals surface area contributed by atoms with Crippen molar-refractivity contribution >= 4 is 52.2 Å². The number of carboxylic acid groups (broad SMARTS) is 1. The molecule has 1 aromatic carbocycles. The summed E-state index contributed by atoms with van der Waals surface area (Å²) in [5, 5.41) is 10.5. The minimum atomic E-state index is -1.23. The molecule has 1 aromatic rings. The van der Waals surface area contributed by atoms with Gasteiger partial charge in [-0.15, -0.1) is 0 Å². The number of benzene rings is 1. The zero-order valence-corrected chi connectivity index (χ0v) is 13.7. The summed E-state index contributed by atoms with van der Waals surface area (Å²) in [5.74, 6) is -2.01. The normalized spacial score (nSPS) is 16.0. The number of carbonyl (C=O) groups is 3. The van der Waals surface area contributed by atoms with Crippen LogP contribution in [0, 0.1) is 0 Å². The zero-order chi connectivity index (χ0) is 17.0. The van der Waals surface area contributed by atoms with Crippen LogP contribution in [-0.4, -0.2) is 40.7 Å². The van der Waals surface area contributed by atoms with E-state index in [-0.39, 0.29) is 18.9 Å². The number of hydrogen-bond acceptors (Lipinski definition) is 7. The van der Waals surface area contributed by atoms with Crippen molar-refractivity contribution in [2.45, 2.75) is 6.42 Å². The molecule has 1 aliphatic rings. The number of carbonyl (C=O) groups excluding carboxylic acids is 3. The molecule has 23 heavy (non-hydrogen) atoms. The van der Waals surface area contributed by atoms with Crippen molar-refractivity contribution in [2.24, 2.45) is 0 Å².